The highest BCUT2D eigenvalue weighted by atomic mass is 16.3. The van der Waals surface area contributed by atoms with Crippen molar-refractivity contribution in [1.82, 2.24) is 9.38 Å². The van der Waals surface area contributed by atoms with Crippen molar-refractivity contribution in [2.24, 2.45) is 0 Å². The first-order chi connectivity index (χ1) is 11.7. The molecule has 0 aliphatic heterocycles. The number of hydrogen-bond donors (Lipinski definition) is 1. The van der Waals surface area contributed by atoms with E-state index < -0.39 is 0 Å². The quantitative estimate of drug-likeness (QED) is 0.617. The minimum Gasteiger partial charge on any atom is -0.456 e. The van der Waals surface area contributed by atoms with Crippen LogP contribution in [0.1, 0.15) is 16.3 Å². The van der Waals surface area contributed by atoms with Gasteiger partial charge in [-0.1, -0.05) is 18.2 Å². The third-order valence-corrected chi connectivity index (χ3v) is 3.77. The summed E-state index contributed by atoms with van der Waals surface area (Å²) in [6.45, 7) is 1.81. The van der Waals surface area contributed by atoms with Crippen molar-refractivity contribution in [2.75, 3.05) is 5.32 Å². The molecule has 0 saturated heterocycles. The third kappa shape index (κ3) is 2.67. The van der Waals surface area contributed by atoms with E-state index in [0.29, 0.717) is 17.2 Å². The third-order valence-electron chi connectivity index (χ3n) is 3.77. The number of nitrogens with zero attached hydrogens (tertiary/aromatic N) is 2. The van der Waals surface area contributed by atoms with Crippen molar-refractivity contribution in [2.45, 2.75) is 6.92 Å². The van der Waals surface area contributed by atoms with Crippen LogP contribution in [0, 0.1) is 6.92 Å². The molecule has 0 radical (unpaired) electrons. The summed E-state index contributed by atoms with van der Waals surface area (Å²) in [5.74, 6) is 0.753. The van der Waals surface area contributed by atoms with Crippen LogP contribution < -0.4 is 5.32 Å². The van der Waals surface area contributed by atoms with Crippen LogP contribution in [0.5, 0.6) is 0 Å². The maximum Gasteiger partial charge on any atom is 0.291 e. The fourth-order valence-electron chi connectivity index (χ4n) is 2.55. The lowest BCUT2D eigenvalue weighted by atomic mass is 10.1. The van der Waals surface area contributed by atoms with Gasteiger partial charge in [-0.05, 0) is 43.3 Å². The van der Waals surface area contributed by atoms with Crippen molar-refractivity contribution in [3.63, 3.8) is 0 Å². The smallest absolute Gasteiger partial charge is 0.291 e. The zero-order valence-corrected chi connectivity index (χ0v) is 13.1. The van der Waals surface area contributed by atoms with Crippen LogP contribution in [0.2, 0.25) is 0 Å². The number of hydrogen-bond acceptors (Lipinski definition) is 3. The molecular formula is C19H15N3O2. The fourth-order valence-corrected chi connectivity index (χ4v) is 2.55. The highest BCUT2D eigenvalue weighted by molar-refractivity contribution is 6.02. The zero-order valence-electron chi connectivity index (χ0n) is 13.1. The minimum absolute atomic E-state index is 0.261. The second kappa shape index (κ2) is 5.70. The Bertz CT molecular complexity index is 979. The van der Waals surface area contributed by atoms with Gasteiger partial charge in [0.2, 0.25) is 0 Å². The molecule has 0 saturated carbocycles. The van der Waals surface area contributed by atoms with Crippen LogP contribution in [-0.4, -0.2) is 15.3 Å². The summed E-state index contributed by atoms with van der Waals surface area (Å²) < 4.78 is 7.30. The Balaban J connectivity index is 1.55. The summed E-state index contributed by atoms with van der Waals surface area (Å²) in [6.07, 6.45) is 3.94. The number of amides is 1. The Kier molecular flexibility index (Phi) is 3.39. The highest BCUT2D eigenvalue weighted by Gasteiger charge is 2.10. The van der Waals surface area contributed by atoms with Crippen LogP contribution in [0.3, 0.4) is 0 Å². The van der Waals surface area contributed by atoms with Crippen LogP contribution in [0.4, 0.5) is 5.69 Å². The summed E-state index contributed by atoms with van der Waals surface area (Å²) in [4.78, 5) is 16.7. The lowest BCUT2D eigenvalue weighted by Crippen LogP contribution is -2.10. The molecule has 0 unspecified atom stereocenters. The molecule has 1 aromatic carbocycles. The van der Waals surface area contributed by atoms with Gasteiger partial charge in [0.25, 0.3) is 5.91 Å². The predicted molar refractivity (Wildman–Crippen MR) is 92.0 cm³/mol. The molecule has 5 heteroatoms. The molecule has 1 N–H and O–H groups in total. The number of pyridine rings is 1. The molecule has 3 aromatic heterocycles. The Morgan fingerprint density at radius 1 is 1.08 bits per heavy atom. The van der Waals surface area contributed by atoms with Crippen molar-refractivity contribution in [1.29, 1.82) is 0 Å². The SMILES string of the molecule is Cc1ccc(C(=O)Nc2ccc(-c3cn4ccccc4n3)cc2)o1. The first-order valence-corrected chi connectivity index (χ1v) is 7.61. The molecule has 0 aliphatic carbocycles. The largest absolute Gasteiger partial charge is 0.456 e. The van der Waals surface area contributed by atoms with Crippen LogP contribution in [0.25, 0.3) is 16.9 Å². The second-order valence-corrected chi connectivity index (χ2v) is 5.53. The molecule has 3 heterocycles. The number of fused-ring (bicyclic) bond motifs is 1. The second-order valence-electron chi connectivity index (χ2n) is 5.53. The van der Waals surface area contributed by atoms with E-state index in [4.69, 9.17) is 4.42 Å². The van der Waals surface area contributed by atoms with E-state index in [-0.39, 0.29) is 5.91 Å². The molecule has 0 bridgehead atoms. The molecule has 0 aliphatic rings. The Labute approximate surface area is 138 Å². The summed E-state index contributed by atoms with van der Waals surface area (Å²) in [7, 11) is 0. The first kappa shape index (κ1) is 14.3. The molecule has 0 fully saturated rings. The van der Waals surface area contributed by atoms with Gasteiger partial charge < -0.3 is 14.1 Å². The molecule has 24 heavy (non-hydrogen) atoms. The fraction of sp³-hybridized carbons (Fsp3) is 0.0526. The number of aromatic nitrogens is 2. The summed E-state index contributed by atoms with van der Waals surface area (Å²) >= 11 is 0. The lowest BCUT2D eigenvalue weighted by molar-refractivity contribution is 0.0995. The van der Waals surface area contributed by atoms with E-state index in [1.54, 1.807) is 19.1 Å². The van der Waals surface area contributed by atoms with Crippen molar-refractivity contribution in [3.8, 4) is 11.3 Å². The van der Waals surface area contributed by atoms with E-state index in [1.807, 2.05) is 59.3 Å². The van der Waals surface area contributed by atoms with Gasteiger partial charge in [0.15, 0.2) is 5.76 Å². The molecule has 118 valence electrons. The van der Waals surface area contributed by atoms with Crippen molar-refractivity contribution >= 4 is 17.2 Å². The molecular weight excluding hydrogens is 302 g/mol. The van der Waals surface area contributed by atoms with E-state index in [1.165, 1.54) is 0 Å². The maximum absolute atomic E-state index is 12.1. The number of carbonyl (C=O) groups is 1. The van der Waals surface area contributed by atoms with Gasteiger partial charge in [0.05, 0.1) is 5.69 Å². The van der Waals surface area contributed by atoms with E-state index in [9.17, 15) is 4.79 Å². The monoisotopic (exact) mass is 317 g/mol. The molecule has 5 nitrogen and oxygen atoms in total. The lowest BCUT2D eigenvalue weighted by Gasteiger charge is -2.04. The Hall–Kier alpha value is -3.34. The van der Waals surface area contributed by atoms with E-state index in [2.05, 4.69) is 10.3 Å². The molecule has 0 atom stereocenters. The van der Waals surface area contributed by atoms with Gasteiger partial charge in [0, 0.05) is 23.6 Å². The Morgan fingerprint density at radius 3 is 2.62 bits per heavy atom. The van der Waals surface area contributed by atoms with Crippen LogP contribution >= 0.6 is 0 Å². The van der Waals surface area contributed by atoms with Gasteiger partial charge in [-0.3, -0.25) is 4.79 Å². The molecule has 4 rings (SSSR count). The first-order valence-electron chi connectivity index (χ1n) is 7.61. The minimum atomic E-state index is -0.261. The van der Waals surface area contributed by atoms with Crippen LogP contribution in [-0.2, 0) is 0 Å². The summed E-state index contributed by atoms with van der Waals surface area (Å²) in [6, 6.07) is 16.9. The zero-order chi connectivity index (χ0) is 16.5. The Morgan fingerprint density at radius 2 is 1.92 bits per heavy atom. The highest BCUT2D eigenvalue weighted by Crippen LogP contribution is 2.21. The summed E-state index contributed by atoms with van der Waals surface area (Å²) in [5.41, 5.74) is 3.49. The number of rotatable bonds is 3. The number of benzene rings is 1. The van der Waals surface area contributed by atoms with Crippen molar-refractivity contribution < 1.29 is 9.21 Å². The van der Waals surface area contributed by atoms with Crippen molar-refractivity contribution in [3.05, 3.63) is 78.5 Å². The van der Waals surface area contributed by atoms with Gasteiger partial charge in [-0.15, -0.1) is 0 Å². The van der Waals surface area contributed by atoms with Gasteiger partial charge in [-0.25, -0.2) is 4.98 Å². The van der Waals surface area contributed by atoms with Crippen LogP contribution in [0.15, 0.2) is 71.4 Å². The maximum atomic E-state index is 12.1. The average molecular weight is 317 g/mol. The summed E-state index contributed by atoms with van der Waals surface area (Å²) in [5, 5.41) is 2.82. The topological polar surface area (TPSA) is 59.5 Å². The molecule has 4 aromatic rings. The number of imidazole rings is 1. The average Bonchev–Trinajstić information content (AvgIpc) is 3.21. The predicted octanol–water partition coefficient (Wildman–Crippen LogP) is 4.16. The molecule has 1 amide bonds. The number of anilines is 1. The number of furan rings is 1. The van der Waals surface area contributed by atoms with E-state index in [0.717, 1.165) is 16.9 Å². The number of carbonyl (C=O) groups excluding carboxylic acids is 1. The van der Waals surface area contributed by atoms with Gasteiger partial charge in [-0.2, -0.15) is 0 Å². The number of nitrogens with one attached hydrogen (secondary N) is 1. The van der Waals surface area contributed by atoms with Gasteiger partial charge in [0.1, 0.15) is 11.4 Å². The van der Waals surface area contributed by atoms with E-state index >= 15 is 0 Å². The standard InChI is InChI=1S/C19H15N3O2/c1-13-5-10-17(24-13)19(23)20-15-8-6-14(7-9-15)16-12-22-11-3-2-4-18(22)21-16/h2-12H,1H3,(H,20,23). The normalized spacial score (nSPS) is 10.9. The number of aryl methyl sites for hydroxylation is 1. The molecule has 0 spiro atoms. The van der Waals surface area contributed by atoms with Gasteiger partial charge >= 0.3 is 0 Å².